The van der Waals surface area contributed by atoms with Gasteiger partial charge in [0.05, 0.1) is 18.8 Å². The van der Waals surface area contributed by atoms with Crippen LogP contribution in [0.1, 0.15) is 47.0 Å². The fourth-order valence-corrected chi connectivity index (χ4v) is 2.42. The fourth-order valence-electron chi connectivity index (χ4n) is 2.35. The highest BCUT2D eigenvalue weighted by Gasteiger charge is 2.37. The number of piperidine rings is 1. The van der Waals surface area contributed by atoms with Gasteiger partial charge in [0.2, 0.25) is 0 Å². The van der Waals surface area contributed by atoms with Gasteiger partial charge in [0, 0.05) is 12.1 Å². The number of nitrogens with zero attached hydrogens (tertiary/aromatic N) is 1. The molecule has 0 radical (unpaired) electrons. The number of halogens is 1. The lowest BCUT2D eigenvalue weighted by Gasteiger charge is -2.42. The van der Waals surface area contributed by atoms with E-state index in [4.69, 9.17) is 21.1 Å². The molecule has 116 valence electrons. The number of ether oxygens (including phenoxy) is 2. The van der Waals surface area contributed by atoms with Crippen LogP contribution in [0.5, 0.6) is 0 Å². The van der Waals surface area contributed by atoms with Crippen LogP contribution >= 0.6 is 11.6 Å². The van der Waals surface area contributed by atoms with Crippen molar-refractivity contribution < 1.29 is 14.3 Å². The zero-order valence-corrected chi connectivity index (χ0v) is 13.7. The Morgan fingerprint density at radius 1 is 1.45 bits per heavy atom. The molecule has 0 bridgehead atoms. The Hall–Kier alpha value is -0.740. The SMILES string of the molecule is CCC1(OC/C=C/Cl)CCCN(C(=O)OC(C)(C)C)C1. The minimum Gasteiger partial charge on any atom is -0.444 e. The van der Waals surface area contributed by atoms with E-state index in [2.05, 4.69) is 6.92 Å². The molecule has 0 spiro atoms. The molecule has 1 aliphatic heterocycles. The van der Waals surface area contributed by atoms with Crippen LogP contribution < -0.4 is 0 Å². The average Bonchev–Trinajstić information content (AvgIpc) is 2.37. The van der Waals surface area contributed by atoms with E-state index in [9.17, 15) is 4.79 Å². The highest BCUT2D eigenvalue weighted by Crippen LogP contribution is 2.29. The van der Waals surface area contributed by atoms with E-state index < -0.39 is 5.60 Å². The van der Waals surface area contributed by atoms with E-state index in [0.29, 0.717) is 13.2 Å². The van der Waals surface area contributed by atoms with Crippen LogP contribution in [0.25, 0.3) is 0 Å². The molecule has 20 heavy (non-hydrogen) atoms. The molecule has 1 heterocycles. The van der Waals surface area contributed by atoms with Crippen LogP contribution in [0.2, 0.25) is 0 Å². The molecule has 0 aromatic rings. The first-order chi connectivity index (χ1) is 9.32. The van der Waals surface area contributed by atoms with Gasteiger partial charge in [-0.25, -0.2) is 4.79 Å². The van der Waals surface area contributed by atoms with E-state index in [-0.39, 0.29) is 11.7 Å². The van der Waals surface area contributed by atoms with Gasteiger partial charge in [-0.15, -0.1) is 0 Å². The maximum atomic E-state index is 12.2. The molecule has 0 saturated carbocycles. The number of amides is 1. The molecule has 1 saturated heterocycles. The third-order valence-corrected chi connectivity index (χ3v) is 3.59. The maximum absolute atomic E-state index is 12.2. The molecule has 1 atom stereocenters. The molecule has 0 aliphatic carbocycles. The van der Waals surface area contributed by atoms with Gasteiger partial charge in [-0.05, 0) is 46.1 Å². The number of hydrogen-bond acceptors (Lipinski definition) is 3. The number of rotatable bonds is 4. The Morgan fingerprint density at radius 3 is 2.70 bits per heavy atom. The molecule has 0 aromatic carbocycles. The van der Waals surface area contributed by atoms with Gasteiger partial charge >= 0.3 is 6.09 Å². The predicted octanol–water partition coefficient (Wildman–Crippen LogP) is 3.94. The Labute approximate surface area is 127 Å². The number of carbonyl (C=O) groups is 1. The van der Waals surface area contributed by atoms with E-state index in [1.165, 1.54) is 5.54 Å². The predicted molar refractivity (Wildman–Crippen MR) is 81.0 cm³/mol. The summed E-state index contributed by atoms with van der Waals surface area (Å²) in [5.74, 6) is 0. The summed E-state index contributed by atoms with van der Waals surface area (Å²) < 4.78 is 11.4. The molecular weight excluding hydrogens is 278 g/mol. The Morgan fingerprint density at radius 2 is 2.15 bits per heavy atom. The van der Waals surface area contributed by atoms with Crippen molar-refractivity contribution in [3.8, 4) is 0 Å². The lowest BCUT2D eigenvalue weighted by Crippen LogP contribution is -2.52. The lowest BCUT2D eigenvalue weighted by molar-refractivity contribution is -0.0837. The molecule has 1 amide bonds. The summed E-state index contributed by atoms with van der Waals surface area (Å²) >= 11 is 5.51. The molecule has 0 aromatic heterocycles. The summed E-state index contributed by atoms with van der Waals surface area (Å²) in [4.78, 5) is 13.9. The zero-order chi connectivity index (χ0) is 15.2. The van der Waals surface area contributed by atoms with Crippen molar-refractivity contribution in [3.63, 3.8) is 0 Å². The van der Waals surface area contributed by atoms with Crippen LogP contribution in [0, 0.1) is 0 Å². The topological polar surface area (TPSA) is 38.8 Å². The minimum absolute atomic E-state index is 0.258. The Kier molecular flexibility index (Phi) is 6.34. The quantitative estimate of drug-likeness (QED) is 0.789. The van der Waals surface area contributed by atoms with Crippen molar-refractivity contribution in [2.45, 2.75) is 58.2 Å². The third-order valence-electron chi connectivity index (χ3n) is 3.41. The molecule has 4 nitrogen and oxygen atoms in total. The molecule has 1 rings (SSSR count). The van der Waals surface area contributed by atoms with Crippen LogP contribution in [0.15, 0.2) is 11.6 Å². The van der Waals surface area contributed by atoms with E-state index in [1.54, 1.807) is 11.0 Å². The van der Waals surface area contributed by atoms with Crippen molar-refractivity contribution in [2.75, 3.05) is 19.7 Å². The van der Waals surface area contributed by atoms with Gasteiger partial charge < -0.3 is 14.4 Å². The normalized spacial score (nSPS) is 24.1. The zero-order valence-electron chi connectivity index (χ0n) is 12.9. The van der Waals surface area contributed by atoms with Gasteiger partial charge in [-0.3, -0.25) is 0 Å². The first-order valence-corrected chi connectivity index (χ1v) is 7.63. The lowest BCUT2D eigenvalue weighted by atomic mass is 9.90. The van der Waals surface area contributed by atoms with Crippen LogP contribution in [-0.2, 0) is 9.47 Å². The monoisotopic (exact) mass is 303 g/mol. The van der Waals surface area contributed by atoms with Gasteiger partial charge in [0.25, 0.3) is 0 Å². The largest absolute Gasteiger partial charge is 0.444 e. The average molecular weight is 304 g/mol. The summed E-state index contributed by atoms with van der Waals surface area (Å²) in [6, 6.07) is 0. The van der Waals surface area contributed by atoms with Crippen LogP contribution in [0.3, 0.4) is 0 Å². The Bertz CT molecular complexity index is 352. The van der Waals surface area contributed by atoms with Crippen molar-refractivity contribution in [1.29, 1.82) is 0 Å². The van der Waals surface area contributed by atoms with Gasteiger partial charge in [-0.1, -0.05) is 18.5 Å². The first-order valence-electron chi connectivity index (χ1n) is 7.19. The third kappa shape index (κ3) is 5.33. The first kappa shape index (κ1) is 17.3. The fraction of sp³-hybridized carbons (Fsp3) is 0.800. The van der Waals surface area contributed by atoms with Crippen molar-refractivity contribution >= 4 is 17.7 Å². The highest BCUT2D eigenvalue weighted by molar-refractivity contribution is 6.25. The Balaban J connectivity index is 2.65. The molecule has 1 aliphatic rings. The van der Waals surface area contributed by atoms with Crippen molar-refractivity contribution in [2.24, 2.45) is 0 Å². The van der Waals surface area contributed by atoms with E-state index in [0.717, 1.165) is 25.8 Å². The standard InChI is InChI=1S/C15H26ClNO3/c1-5-15(19-11-7-9-16)8-6-10-17(12-15)13(18)20-14(2,3)4/h7,9H,5-6,8,10-12H2,1-4H3/b9-7+. The number of hydrogen-bond donors (Lipinski definition) is 0. The highest BCUT2D eigenvalue weighted by atomic mass is 35.5. The molecule has 1 fully saturated rings. The second kappa shape index (κ2) is 7.32. The summed E-state index contributed by atoms with van der Waals surface area (Å²) in [5.41, 5.74) is 0.703. The summed E-state index contributed by atoms with van der Waals surface area (Å²) in [5, 5.41) is 0. The minimum atomic E-state index is -0.467. The molecular formula is C15H26ClNO3. The number of likely N-dealkylation sites (tertiary alicyclic amines) is 1. The van der Waals surface area contributed by atoms with Gasteiger partial charge in [0.15, 0.2) is 0 Å². The van der Waals surface area contributed by atoms with Crippen LogP contribution in [0.4, 0.5) is 4.79 Å². The second-order valence-electron chi connectivity index (χ2n) is 6.21. The van der Waals surface area contributed by atoms with Crippen molar-refractivity contribution in [3.05, 3.63) is 11.6 Å². The van der Waals surface area contributed by atoms with Gasteiger partial charge in [0.1, 0.15) is 5.60 Å². The molecule has 5 heteroatoms. The molecule has 0 N–H and O–H groups in total. The molecule has 1 unspecified atom stereocenters. The summed E-state index contributed by atoms with van der Waals surface area (Å²) in [6.07, 6.45) is 4.26. The number of carbonyl (C=O) groups excluding carboxylic acids is 1. The van der Waals surface area contributed by atoms with E-state index in [1.807, 2.05) is 20.8 Å². The van der Waals surface area contributed by atoms with Crippen LogP contribution in [-0.4, -0.2) is 41.9 Å². The van der Waals surface area contributed by atoms with Crippen molar-refractivity contribution in [1.82, 2.24) is 4.90 Å². The van der Waals surface area contributed by atoms with E-state index >= 15 is 0 Å². The van der Waals surface area contributed by atoms with Gasteiger partial charge in [-0.2, -0.15) is 0 Å². The summed E-state index contributed by atoms with van der Waals surface area (Å²) in [7, 11) is 0. The maximum Gasteiger partial charge on any atom is 0.410 e. The smallest absolute Gasteiger partial charge is 0.410 e. The summed E-state index contributed by atoms with van der Waals surface area (Å²) in [6.45, 7) is 9.50. The second-order valence-corrected chi connectivity index (χ2v) is 6.47.